The van der Waals surface area contributed by atoms with E-state index in [1.807, 2.05) is 0 Å². The van der Waals surface area contributed by atoms with Gasteiger partial charge in [0.25, 0.3) is 0 Å². The second kappa shape index (κ2) is 7.70. The van der Waals surface area contributed by atoms with E-state index >= 15 is 0 Å². The molecule has 0 unspecified atom stereocenters. The fourth-order valence-electron chi connectivity index (χ4n) is 0.284. The van der Waals surface area contributed by atoms with E-state index in [0.717, 1.165) is 6.92 Å². The van der Waals surface area contributed by atoms with Gasteiger partial charge in [0.05, 0.1) is 0 Å². The third-order valence-corrected chi connectivity index (χ3v) is 4.14. The molecule has 116 valence electrons. The van der Waals surface area contributed by atoms with Gasteiger partial charge in [-0.3, -0.25) is 4.79 Å². The molecular weight excluding hydrogens is 337 g/mol. The zero-order chi connectivity index (χ0) is 16.1. The van der Waals surface area contributed by atoms with Crippen LogP contribution in [0.3, 0.4) is 0 Å². The van der Waals surface area contributed by atoms with Gasteiger partial charge in [0.1, 0.15) is 0 Å². The molecule has 0 radical (unpaired) electrons. The van der Waals surface area contributed by atoms with Crippen molar-refractivity contribution in [2.24, 2.45) is 0 Å². The molecule has 0 aromatic carbocycles. The fraction of sp³-hybridized carbons (Fsp3) is 0.667. The number of carbonyl (C=O) groups excluding carboxylic acids is 1. The van der Waals surface area contributed by atoms with E-state index in [0.29, 0.717) is 0 Å². The van der Waals surface area contributed by atoms with Crippen LogP contribution in [0.1, 0.15) is 6.92 Å². The first kappa shape index (κ1) is 21.3. The van der Waals surface area contributed by atoms with Crippen molar-refractivity contribution in [1.82, 2.24) is 0 Å². The molecule has 0 aromatic rings. The highest BCUT2D eigenvalue weighted by atomic mass is 31.3. The molecule has 0 spiro atoms. The van der Waals surface area contributed by atoms with Crippen molar-refractivity contribution in [2.75, 3.05) is 0 Å². The van der Waals surface area contributed by atoms with Gasteiger partial charge in [-0.25, -0.2) is 13.7 Å². The predicted molar refractivity (Wildman–Crippen MR) is 55.0 cm³/mol. The van der Waals surface area contributed by atoms with E-state index in [4.69, 9.17) is 34.7 Å². The van der Waals surface area contributed by atoms with Gasteiger partial charge in [0.2, 0.25) is 6.29 Å². The average Bonchev–Trinajstić information content (AvgIpc) is 1.93. The second-order valence-corrected chi connectivity index (χ2v) is 6.80. The van der Waals surface area contributed by atoms with Crippen LogP contribution in [0.4, 0.5) is 0 Å². The molecule has 0 aromatic heterocycles. The van der Waals surface area contributed by atoms with Crippen molar-refractivity contribution in [1.29, 1.82) is 0 Å². The van der Waals surface area contributed by atoms with Crippen molar-refractivity contribution in [2.45, 2.75) is 13.2 Å². The molecule has 0 heterocycles. The smallest absolute Gasteiger partial charge is 0.362 e. The first-order chi connectivity index (χ1) is 8.06. The number of carbonyl (C=O) groups is 1. The summed E-state index contributed by atoms with van der Waals surface area (Å²) in [5, 5.41) is 15.7. The minimum absolute atomic E-state index is 0.630. The Labute approximate surface area is 105 Å². The van der Waals surface area contributed by atoms with E-state index in [9.17, 15) is 18.5 Å². The van der Waals surface area contributed by atoms with Gasteiger partial charge in [0, 0.05) is 0 Å². The highest BCUT2D eigenvalue weighted by Gasteiger charge is 2.38. The summed E-state index contributed by atoms with van der Waals surface area (Å²) >= 11 is 0. The van der Waals surface area contributed by atoms with Crippen LogP contribution in [0, 0.1) is 0 Å². The normalized spacial score (nSPS) is 12.9. The first-order valence-corrected chi connectivity index (χ1v) is 8.34. The maximum absolute atomic E-state index is 10.4. The lowest BCUT2D eigenvalue weighted by Crippen LogP contribution is -2.14. The monoisotopic (exact) mass is 348 g/mol. The van der Waals surface area contributed by atoms with Gasteiger partial charge in [-0.15, -0.1) is 0 Å². The van der Waals surface area contributed by atoms with Crippen molar-refractivity contribution >= 4 is 29.3 Å². The molecular formula is C3H11O13P3. The topological polar surface area (TPSA) is 228 Å². The quantitative estimate of drug-likeness (QED) is 0.215. The summed E-state index contributed by atoms with van der Waals surface area (Å²) in [4.78, 5) is 49.9. The number of ketones is 1. The molecule has 0 rings (SSSR count). The molecule has 0 bridgehead atoms. The predicted octanol–water partition coefficient (Wildman–Crippen LogP) is -1.81. The van der Waals surface area contributed by atoms with Crippen LogP contribution in [-0.2, 0) is 27.1 Å². The minimum Gasteiger partial charge on any atom is -0.362 e. The van der Waals surface area contributed by atoms with Gasteiger partial charge in [0.15, 0.2) is 5.78 Å². The van der Waals surface area contributed by atoms with Gasteiger partial charge in [-0.1, -0.05) is 0 Å². The number of Topliss-reactive ketones (excluding diaryl/α,β-unsaturated/α-hetero) is 1. The van der Waals surface area contributed by atoms with Crippen LogP contribution < -0.4 is 0 Å². The summed E-state index contributed by atoms with van der Waals surface area (Å²) in [7, 11) is -16.2. The molecule has 19 heavy (non-hydrogen) atoms. The van der Waals surface area contributed by atoms with Gasteiger partial charge < -0.3 is 34.7 Å². The molecule has 0 aliphatic heterocycles. The number of aliphatic hydroxyl groups excluding tert-OH is 1. The number of rotatable bonds is 5. The van der Waals surface area contributed by atoms with E-state index in [1.165, 1.54) is 0 Å². The average molecular weight is 348 g/mol. The Morgan fingerprint density at radius 1 is 0.895 bits per heavy atom. The van der Waals surface area contributed by atoms with Crippen molar-refractivity contribution < 1.29 is 61.8 Å². The van der Waals surface area contributed by atoms with E-state index in [1.54, 1.807) is 0 Å². The number of hydrogen-bond acceptors (Lipinski definition) is 8. The van der Waals surface area contributed by atoms with E-state index in [-0.39, 0.29) is 0 Å². The second-order valence-electron chi connectivity index (χ2n) is 2.60. The zero-order valence-corrected chi connectivity index (χ0v) is 11.7. The lowest BCUT2D eigenvalue weighted by atomic mass is 10.4. The van der Waals surface area contributed by atoms with E-state index in [2.05, 4.69) is 8.62 Å². The Bertz CT molecular complexity index is 398. The molecule has 0 saturated carbocycles. The molecule has 7 N–H and O–H groups in total. The maximum atomic E-state index is 10.4. The van der Waals surface area contributed by atoms with Crippen LogP contribution in [-0.4, -0.2) is 46.8 Å². The Morgan fingerprint density at radius 3 is 1.21 bits per heavy atom. The molecule has 0 aliphatic rings. The summed E-state index contributed by atoms with van der Waals surface area (Å²) < 4.78 is 36.4. The van der Waals surface area contributed by atoms with Crippen molar-refractivity contribution in [3.8, 4) is 0 Å². The zero-order valence-electron chi connectivity index (χ0n) is 9.00. The SMILES string of the molecule is CC(=O)C(O)O.O=P(O)(O)OP(=O)(O)OP(=O)(O)O. The summed E-state index contributed by atoms with van der Waals surface area (Å²) in [5.74, 6) is -0.630. The molecule has 0 amide bonds. The summed E-state index contributed by atoms with van der Waals surface area (Å²) in [5.41, 5.74) is 0. The van der Waals surface area contributed by atoms with Crippen LogP contribution in [0.25, 0.3) is 0 Å². The summed E-state index contributed by atoms with van der Waals surface area (Å²) in [6, 6.07) is 0. The minimum atomic E-state index is -5.46. The Morgan fingerprint density at radius 2 is 1.11 bits per heavy atom. The van der Waals surface area contributed by atoms with Crippen LogP contribution in [0.2, 0.25) is 0 Å². The lowest BCUT2D eigenvalue weighted by molar-refractivity contribution is -0.142. The Hall–Kier alpha value is -0.0000000000000000416. The van der Waals surface area contributed by atoms with Crippen molar-refractivity contribution in [3.05, 3.63) is 0 Å². The van der Waals surface area contributed by atoms with Crippen molar-refractivity contribution in [3.63, 3.8) is 0 Å². The number of phosphoric acid groups is 3. The van der Waals surface area contributed by atoms with Gasteiger partial charge in [-0.05, 0) is 6.92 Å². The highest BCUT2D eigenvalue weighted by Crippen LogP contribution is 2.64. The third kappa shape index (κ3) is 18.0. The number of aliphatic hydroxyl groups is 2. The molecule has 0 fully saturated rings. The number of hydrogen-bond donors (Lipinski definition) is 7. The van der Waals surface area contributed by atoms with Crippen LogP contribution in [0.5, 0.6) is 0 Å². The maximum Gasteiger partial charge on any atom is 0.490 e. The highest BCUT2D eigenvalue weighted by molar-refractivity contribution is 7.66. The van der Waals surface area contributed by atoms with Crippen LogP contribution >= 0.6 is 23.5 Å². The largest absolute Gasteiger partial charge is 0.490 e. The molecule has 16 heteroatoms. The van der Waals surface area contributed by atoms with Gasteiger partial charge in [-0.2, -0.15) is 8.62 Å². The summed E-state index contributed by atoms with van der Waals surface area (Å²) in [6.07, 6.45) is -1.79. The molecule has 13 nitrogen and oxygen atoms in total. The lowest BCUT2D eigenvalue weighted by Gasteiger charge is -2.11. The summed E-state index contributed by atoms with van der Waals surface area (Å²) in [6.45, 7) is 1.10. The molecule has 0 saturated heterocycles. The Balaban J connectivity index is 0. The third-order valence-electron chi connectivity index (χ3n) is 0.783. The first-order valence-electron chi connectivity index (χ1n) is 3.79. The van der Waals surface area contributed by atoms with Gasteiger partial charge >= 0.3 is 23.5 Å². The molecule has 0 atom stereocenters. The molecule has 0 aliphatic carbocycles. The standard InChI is InChI=1S/C3H6O3.H5O10P3/c1-2(4)3(5)6;1-11(2,3)9-13(7,8)10-12(4,5)6/h3,5-6H,1H3;(H,7,8)(H2,1,2,3)(H2,4,5,6). The fourth-order valence-corrected chi connectivity index (χ4v) is 2.82. The van der Waals surface area contributed by atoms with E-state index < -0.39 is 35.5 Å². The van der Waals surface area contributed by atoms with Crippen LogP contribution in [0.15, 0.2) is 0 Å². The Kier molecular flexibility index (Phi) is 8.63.